The third-order valence-electron chi connectivity index (χ3n) is 0.225. The largest absolute Gasteiger partial charge is 0.471 e. The van der Waals surface area contributed by atoms with Crippen molar-refractivity contribution in [1.29, 1.82) is 0 Å². The first-order valence-corrected chi connectivity index (χ1v) is 2.10. The highest BCUT2D eigenvalue weighted by molar-refractivity contribution is 5.36. The average molecular weight is 121 g/mol. The fourth-order valence-corrected chi connectivity index (χ4v) is 0. The fourth-order valence-electron chi connectivity index (χ4n) is 0. The number of nitrogens with two attached hydrogens (primary N) is 1. The van der Waals surface area contributed by atoms with Crippen molar-refractivity contribution in [3.05, 3.63) is 0 Å². The zero-order chi connectivity index (χ0) is 6.83. The van der Waals surface area contributed by atoms with Crippen LogP contribution in [-0.4, -0.2) is 31.8 Å². The molecule has 4 nitrogen and oxygen atoms in total. The van der Waals surface area contributed by atoms with E-state index in [2.05, 4.69) is 4.74 Å². The number of carbonyl (C=O) groups excluding carboxylic acids is 1. The molecule has 0 radical (unpaired) electrons. The van der Waals surface area contributed by atoms with Crippen LogP contribution in [0.5, 0.6) is 0 Å². The van der Waals surface area contributed by atoms with E-state index in [0.717, 1.165) is 0 Å². The van der Waals surface area contributed by atoms with Crippen molar-refractivity contribution >= 4 is 6.47 Å². The van der Waals surface area contributed by atoms with E-state index >= 15 is 0 Å². The first-order valence-electron chi connectivity index (χ1n) is 2.10. The second kappa shape index (κ2) is 16.2. The number of rotatable bonds is 2. The summed E-state index contributed by atoms with van der Waals surface area (Å²) < 4.78 is 3.86. The van der Waals surface area contributed by atoms with Crippen LogP contribution in [0.15, 0.2) is 0 Å². The van der Waals surface area contributed by atoms with Crippen molar-refractivity contribution in [2.75, 3.05) is 20.3 Å². The summed E-state index contributed by atoms with van der Waals surface area (Å²) in [7, 11) is 1.31. The van der Waals surface area contributed by atoms with Crippen LogP contribution in [-0.2, 0) is 9.53 Å². The average Bonchev–Trinajstić information content (AvgIpc) is 1.88. The molecule has 0 aliphatic rings. The summed E-state index contributed by atoms with van der Waals surface area (Å²) in [5, 5.41) is 7.75. The first-order chi connectivity index (χ1) is 3.83. The van der Waals surface area contributed by atoms with E-state index in [9.17, 15) is 0 Å². The molecular formula is C4H11NO3. The second-order valence-electron chi connectivity index (χ2n) is 0.844. The predicted octanol–water partition coefficient (Wildman–Crippen LogP) is -1.27. The van der Waals surface area contributed by atoms with E-state index in [1.807, 2.05) is 0 Å². The molecule has 4 heteroatoms. The molecule has 0 aliphatic heterocycles. The van der Waals surface area contributed by atoms with Gasteiger partial charge in [0.05, 0.1) is 13.7 Å². The van der Waals surface area contributed by atoms with Gasteiger partial charge >= 0.3 is 0 Å². The van der Waals surface area contributed by atoms with Gasteiger partial charge in [-0.1, -0.05) is 0 Å². The molecule has 0 bridgehead atoms. The molecule has 0 aromatic rings. The Balaban J connectivity index is 0. The van der Waals surface area contributed by atoms with Crippen LogP contribution in [0.4, 0.5) is 0 Å². The number of hydrogen-bond donors (Lipinski definition) is 2. The Morgan fingerprint density at radius 1 is 1.88 bits per heavy atom. The van der Waals surface area contributed by atoms with Gasteiger partial charge in [0, 0.05) is 6.54 Å². The third kappa shape index (κ3) is 53.8. The topological polar surface area (TPSA) is 72.5 Å². The maximum Gasteiger partial charge on any atom is 0.292 e. The SMILES string of the molecule is COC=O.NCCO. The summed E-state index contributed by atoms with van der Waals surface area (Å²) in [5.74, 6) is 0. The molecule has 0 aliphatic carbocycles. The summed E-state index contributed by atoms with van der Waals surface area (Å²) in [6.45, 7) is 0.847. The minimum absolute atomic E-state index is 0.0972. The number of hydrogen-bond acceptors (Lipinski definition) is 4. The molecule has 0 atom stereocenters. The molecule has 0 aromatic carbocycles. The highest BCUT2D eigenvalue weighted by Crippen LogP contribution is 1.35. The van der Waals surface area contributed by atoms with E-state index in [1.54, 1.807) is 0 Å². The van der Waals surface area contributed by atoms with Crippen molar-refractivity contribution in [1.82, 2.24) is 0 Å². The highest BCUT2D eigenvalue weighted by Gasteiger charge is 1.56. The maximum atomic E-state index is 8.95. The molecule has 0 heterocycles. The van der Waals surface area contributed by atoms with Crippen molar-refractivity contribution in [3.63, 3.8) is 0 Å². The highest BCUT2D eigenvalue weighted by atomic mass is 16.5. The van der Waals surface area contributed by atoms with Crippen molar-refractivity contribution in [2.45, 2.75) is 0 Å². The molecule has 0 saturated carbocycles. The lowest BCUT2D eigenvalue weighted by molar-refractivity contribution is -0.126. The quantitative estimate of drug-likeness (QED) is 0.447. The summed E-state index contributed by atoms with van der Waals surface area (Å²) in [6, 6.07) is 0. The van der Waals surface area contributed by atoms with E-state index in [4.69, 9.17) is 15.6 Å². The van der Waals surface area contributed by atoms with Crippen LogP contribution in [0.25, 0.3) is 0 Å². The Bertz CT molecular complexity index is 38.3. The summed E-state index contributed by atoms with van der Waals surface area (Å²) in [5.41, 5.74) is 4.78. The van der Waals surface area contributed by atoms with Crippen LogP contribution in [0.3, 0.4) is 0 Å². The summed E-state index contributed by atoms with van der Waals surface area (Å²) in [4.78, 5) is 8.95. The molecular weight excluding hydrogens is 110 g/mol. The molecule has 3 N–H and O–H groups in total. The van der Waals surface area contributed by atoms with Gasteiger partial charge in [-0.25, -0.2) is 0 Å². The van der Waals surface area contributed by atoms with E-state index < -0.39 is 0 Å². The molecule has 0 amide bonds. The van der Waals surface area contributed by atoms with Gasteiger partial charge in [-0.15, -0.1) is 0 Å². The zero-order valence-corrected chi connectivity index (χ0v) is 4.83. The smallest absolute Gasteiger partial charge is 0.292 e. The van der Waals surface area contributed by atoms with Crippen LogP contribution < -0.4 is 5.73 Å². The molecule has 0 aromatic heterocycles. The molecule has 8 heavy (non-hydrogen) atoms. The Morgan fingerprint density at radius 3 is 2.12 bits per heavy atom. The van der Waals surface area contributed by atoms with Crippen LogP contribution in [0.1, 0.15) is 0 Å². The number of ether oxygens (including phenoxy) is 1. The van der Waals surface area contributed by atoms with Gasteiger partial charge in [0.1, 0.15) is 0 Å². The lowest BCUT2D eigenvalue weighted by Gasteiger charge is -1.71. The predicted molar refractivity (Wildman–Crippen MR) is 29.2 cm³/mol. The van der Waals surface area contributed by atoms with Gasteiger partial charge in [-0.05, 0) is 0 Å². The lowest BCUT2D eigenvalue weighted by Crippen LogP contribution is -2.02. The minimum atomic E-state index is 0.0972. The van der Waals surface area contributed by atoms with Crippen LogP contribution in [0, 0.1) is 0 Å². The molecule has 0 rings (SSSR count). The van der Waals surface area contributed by atoms with Crippen LogP contribution >= 0.6 is 0 Å². The number of aliphatic hydroxyl groups is 1. The van der Waals surface area contributed by atoms with E-state index in [0.29, 0.717) is 13.0 Å². The van der Waals surface area contributed by atoms with Gasteiger partial charge in [0.25, 0.3) is 6.47 Å². The van der Waals surface area contributed by atoms with Crippen molar-refractivity contribution < 1.29 is 14.6 Å². The normalized spacial score (nSPS) is 6.38. The zero-order valence-electron chi connectivity index (χ0n) is 4.83. The second-order valence-corrected chi connectivity index (χ2v) is 0.844. The number of aliphatic hydroxyl groups excluding tert-OH is 1. The van der Waals surface area contributed by atoms with Crippen LogP contribution in [0.2, 0.25) is 0 Å². The third-order valence-corrected chi connectivity index (χ3v) is 0.225. The monoisotopic (exact) mass is 121 g/mol. The number of methoxy groups -OCH3 is 1. The van der Waals surface area contributed by atoms with Crippen molar-refractivity contribution in [3.8, 4) is 0 Å². The Kier molecular flexibility index (Phi) is 21.0. The van der Waals surface area contributed by atoms with Crippen molar-refractivity contribution in [2.24, 2.45) is 5.73 Å². The summed E-state index contributed by atoms with van der Waals surface area (Å²) in [6.07, 6.45) is 0. The summed E-state index contributed by atoms with van der Waals surface area (Å²) >= 11 is 0. The van der Waals surface area contributed by atoms with E-state index in [-0.39, 0.29) is 6.61 Å². The molecule has 0 spiro atoms. The molecule has 50 valence electrons. The first kappa shape index (κ1) is 10.4. The molecule has 0 saturated heterocycles. The van der Waals surface area contributed by atoms with E-state index in [1.165, 1.54) is 7.11 Å². The van der Waals surface area contributed by atoms with Gasteiger partial charge in [-0.3, -0.25) is 4.79 Å². The number of carbonyl (C=O) groups is 1. The lowest BCUT2D eigenvalue weighted by atomic mass is 10.8. The van der Waals surface area contributed by atoms with Gasteiger partial charge < -0.3 is 15.6 Å². The Labute approximate surface area is 48.2 Å². The Morgan fingerprint density at radius 2 is 2.12 bits per heavy atom. The fraction of sp³-hybridized carbons (Fsp3) is 0.750. The standard InChI is InChI=1S/C2H7NO.C2H4O2/c3-1-2-4;1-4-2-3/h4H,1-3H2;2H,1H3. The van der Waals surface area contributed by atoms with Gasteiger partial charge in [-0.2, -0.15) is 0 Å². The molecule has 0 fully saturated rings. The maximum absolute atomic E-state index is 8.95. The minimum Gasteiger partial charge on any atom is -0.471 e. The Hall–Kier alpha value is -0.610. The van der Waals surface area contributed by atoms with Gasteiger partial charge in [0.15, 0.2) is 0 Å². The van der Waals surface area contributed by atoms with Gasteiger partial charge in [0.2, 0.25) is 0 Å². The molecule has 0 unspecified atom stereocenters.